The molecule has 1 aromatic heterocycles. The van der Waals surface area contributed by atoms with Crippen LogP contribution in [0.5, 0.6) is 5.75 Å². The van der Waals surface area contributed by atoms with Crippen molar-refractivity contribution >= 4 is 74.3 Å². The smallest absolute Gasteiger partial charge is 0.338 e. The zero-order chi connectivity index (χ0) is 33.9. The number of hydrogen-bond acceptors (Lipinski definition) is 6. The van der Waals surface area contributed by atoms with Gasteiger partial charge in [-0.2, -0.15) is 0 Å². The maximum Gasteiger partial charge on any atom is 0.338 e. The van der Waals surface area contributed by atoms with Gasteiger partial charge in [0.2, 0.25) is 0 Å². The van der Waals surface area contributed by atoms with Crippen molar-refractivity contribution in [2.75, 3.05) is 6.61 Å². The van der Waals surface area contributed by atoms with Crippen molar-refractivity contribution in [3.8, 4) is 5.75 Å². The molecule has 1 aliphatic heterocycles. The van der Waals surface area contributed by atoms with Crippen LogP contribution in [-0.2, 0) is 16.1 Å². The van der Waals surface area contributed by atoms with Crippen molar-refractivity contribution in [2.24, 2.45) is 4.99 Å². The Kier molecular flexibility index (Phi) is 10.6. The molecule has 0 bridgehead atoms. The molecule has 0 aliphatic carbocycles. The number of nitrogens with zero attached hydrogens (tertiary/aromatic N) is 2. The van der Waals surface area contributed by atoms with E-state index >= 15 is 0 Å². The fourth-order valence-electron chi connectivity index (χ4n) is 5.51. The second-order valence-electron chi connectivity index (χ2n) is 11.5. The van der Waals surface area contributed by atoms with Crippen molar-refractivity contribution in [2.45, 2.75) is 39.3 Å². The van der Waals surface area contributed by atoms with Gasteiger partial charge in [0.25, 0.3) is 5.56 Å². The minimum Gasteiger partial charge on any atom is -0.487 e. The molecule has 10 heteroatoms. The van der Waals surface area contributed by atoms with E-state index in [1.165, 1.54) is 23.5 Å². The molecule has 1 aliphatic rings. The Morgan fingerprint density at radius 2 is 1.67 bits per heavy atom. The normalized spacial score (nSPS) is 14.6. The van der Waals surface area contributed by atoms with Crippen molar-refractivity contribution in [1.29, 1.82) is 0 Å². The number of halogens is 3. The average molecular weight is 885 g/mol. The van der Waals surface area contributed by atoms with Gasteiger partial charge in [-0.25, -0.2) is 14.2 Å². The molecule has 244 valence electrons. The number of rotatable bonds is 9. The number of esters is 1. The van der Waals surface area contributed by atoms with Crippen molar-refractivity contribution in [1.82, 2.24) is 4.57 Å². The Morgan fingerprint density at radius 3 is 2.29 bits per heavy atom. The molecule has 0 radical (unpaired) electrons. The highest BCUT2D eigenvalue weighted by Gasteiger charge is 2.35. The van der Waals surface area contributed by atoms with Gasteiger partial charge < -0.3 is 9.47 Å². The first-order valence-corrected chi connectivity index (χ1v) is 18.4. The molecule has 0 amide bonds. The van der Waals surface area contributed by atoms with Crippen LogP contribution in [0.3, 0.4) is 0 Å². The average Bonchev–Trinajstić information content (AvgIpc) is 3.38. The lowest BCUT2D eigenvalue weighted by Crippen LogP contribution is -2.40. The summed E-state index contributed by atoms with van der Waals surface area (Å²) < 4.78 is 28.9. The lowest BCUT2D eigenvalue weighted by molar-refractivity contribution is -0.138. The summed E-state index contributed by atoms with van der Waals surface area (Å²) in [5, 5.41) is 0. The largest absolute Gasteiger partial charge is 0.487 e. The molecule has 0 saturated carbocycles. The molecule has 0 N–H and O–H groups in total. The van der Waals surface area contributed by atoms with Gasteiger partial charge in [-0.3, -0.25) is 9.36 Å². The minimum absolute atomic E-state index is 0.189. The van der Waals surface area contributed by atoms with Crippen molar-refractivity contribution in [3.05, 3.63) is 157 Å². The van der Waals surface area contributed by atoms with Gasteiger partial charge in [-0.15, -0.1) is 0 Å². The second-order valence-corrected chi connectivity index (χ2v) is 14.8. The Balaban J connectivity index is 1.48. The Hall–Kier alpha value is -3.62. The van der Waals surface area contributed by atoms with Crippen LogP contribution in [0, 0.1) is 13.0 Å². The van der Waals surface area contributed by atoms with Crippen molar-refractivity contribution in [3.63, 3.8) is 0 Å². The van der Waals surface area contributed by atoms with E-state index in [2.05, 4.69) is 59.0 Å². The fraction of sp³-hybridized carbons (Fsp3) is 0.184. The van der Waals surface area contributed by atoms with E-state index < -0.39 is 12.0 Å². The summed E-state index contributed by atoms with van der Waals surface area (Å²) in [6.45, 7) is 6.51. The quantitative estimate of drug-likeness (QED) is 0.111. The molecule has 48 heavy (non-hydrogen) atoms. The summed E-state index contributed by atoms with van der Waals surface area (Å²) in [5.74, 6) is 0.246. The number of fused-ring (bicyclic) bond motifs is 1. The molecule has 4 aromatic carbocycles. The summed E-state index contributed by atoms with van der Waals surface area (Å²) in [6.07, 6.45) is 1.85. The third-order valence-electron chi connectivity index (χ3n) is 7.91. The van der Waals surface area contributed by atoms with E-state index in [1.54, 1.807) is 23.6 Å². The third-order valence-corrected chi connectivity index (χ3v) is 10.5. The first-order chi connectivity index (χ1) is 23.1. The van der Waals surface area contributed by atoms with Crippen LogP contribution < -0.4 is 19.6 Å². The van der Waals surface area contributed by atoms with Gasteiger partial charge in [0, 0.05) is 5.56 Å². The van der Waals surface area contributed by atoms with Gasteiger partial charge >= 0.3 is 5.97 Å². The number of thiazole rings is 1. The maximum absolute atomic E-state index is 14.3. The molecule has 0 unspecified atom stereocenters. The summed E-state index contributed by atoms with van der Waals surface area (Å²) in [6, 6.07) is 27.0. The topological polar surface area (TPSA) is 69.9 Å². The van der Waals surface area contributed by atoms with Gasteiger partial charge in [-0.05, 0) is 111 Å². The number of ether oxygens (including phenoxy) is 2. The number of carbonyl (C=O) groups excluding carboxylic acids is 1. The highest BCUT2D eigenvalue weighted by atomic mass is 127. The molecule has 6 rings (SSSR count). The van der Waals surface area contributed by atoms with Crippen LogP contribution >= 0.6 is 56.5 Å². The van der Waals surface area contributed by atoms with E-state index in [9.17, 15) is 14.0 Å². The highest BCUT2D eigenvalue weighted by Crippen LogP contribution is 2.36. The third kappa shape index (κ3) is 7.20. The van der Waals surface area contributed by atoms with Gasteiger partial charge in [-0.1, -0.05) is 91.9 Å². The predicted molar refractivity (Wildman–Crippen MR) is 204 cm³/mol. The number of hydrogen-bond donors (Lipinski definition) is 0. The van der Waals surface area contributed by atoms with Gasteiger partial charge in [0.15, 0.2) is 4.80 Å². The van der Waals surface area contributed by atoms with Crippen LogP contribution in [0.1, 0.15) is 60.5 Å². The lowest BCUT2D eigenvalue weighted by atomic mass is 9.91. The Morgan fingerprint density at radius 1 is 1.00 bits per heavy atom. The first-order valence-electron chi connectivity index (χ1n) is 15.4. The molecular formula is C38H31FI2N2O4S. The predicted octanol–water partition coefficient (Wildman–Crippen LogP) is 7.99. The molecular weight excluding hydrogens is 853 g/mol. The van der Waals surface area contributed by atoms with Gasteiger partial charge in [0.05, 0.1) is 35.6 Å². The summed E-state index contributed by atoms with van der Waals surface area (Å²) >= 11 is 5.74. The summed E-state index contributed by atoms with van der Waals surface area (Å²) in [7, 11) is 0. The standard InChI is InChI=1S/C38H31FI2N2O4S/c1-4-46-37(45)32-33(26-8-6-5-7-9-26)42-38-43(34(32)27-14-12-25(13-15-27)22(2)3)36(44)31(48-38)20-24-18-29(40)35(30(41)19-24)47-21-23-10-16-28(39)17-11-23/h5-20,22,34H,4,21H2,1-3H3/b31-20-/t34-/m1/s1. The molecule has 0 spiro atoms. The highest BCUT2D eigenvalue weighted by molar-refractivity contribution is 14.1. The number of benzene rings is 4. The second kappa shape index (κ2) is 14.9. The fourth-order valence-corrected chi connectivity index (χ4v) is 8.64. The zero-order valence-corrected chi connectivity index (χ0v) is 31.5. The van der Waals surface area contributed by atoms with Crippen LogP contribution in [0.25, 0.3) is 11.8 Å². The number of aromatic nitrogens is 1. The van der Waals surface area contributed by atoms with Gasteiger partial charge in [0.1, 0.15) is 18.2 Å². The van der Waals surface area contributed by atoms with E-state index in [0.29, 0.717) is 33.1 Å². The van der Waals surface area contributed by atoms with E-state index in [0.717, 1.165) is 40.7 Å². The van der Waals surface area contributed by atoms with Crippen LogP contribution in [-0.4, -0.2) is 17.1 Å². The van der Waals surface area contributed by atoms with Crippen molar-refractivity contribution < 1.29 is 18.7 Å². The molecule has 0 saturated heterocycles. The Bertz CT molecular complexity index is 2170. The minimum atomic E-state index is -0.735. The molecule has 5 aromatic rings. The lowest BCUT2D eigenvalue weighted by Gasteiger charge is -2.26. The number of carbonyl (C=O) groups is 1. The van der Waals surface area contributed by atoms with E-state index in [4.69, 9.17) is 14.5 Å². The molecule has 0 fully saturated rings. The maximum atomic E-state index is 14.3. The monoisotopic (exact) mass is 884 g/mol. The summed E-state index contributed by atoms with van der Waals surface area (Å²) in [5.41, 5.74) is 4.98. The zero-order valence-electron chi connectivity index (χ0n) is 26.4. The van der Waals surface area contributed by atoms with Crippen LogP contribution in [0.15, 0.2) is 106 Å². The molecule has 2 heterocycles. The van der Waals surface area contributed by atoms with Crippen LogP contribution in [0.2, 0.25) is 0 Å². The van der Waals surface area contributed by atoms with Crippen LogP contribution in [0.4, 0.5) is 4.39 Å². The SMILES string of the molecule is CCOC(=O)C1=C(c2ccccc2)N=c2s/c(=C\c3cc(I)c(OCc4ccc(F)cc4)c(I)c3)c(=O)n2[C@@H]1c1ccc(C(C)C)cc1. The Labute approximate surface area is 308 Å². The van der Waals surface area contributed by atoms with E-state index in [1.807, 2.05) is 72.8 Å². The van der Waals surface area contributed by atoms with E-state index in [-0.39, 0.29) is 18.0 Å². The molecule has 1 atom stereocenters. The summed E-state index contributed by atoms with van der Waals surface area (Å²) in [4.78, 5) is 33.5. The molecule has 6 nitrogen and oxygen atoms in total. The first kappa shape index (κ1) is 34.3.